The molecule has 1 unspecified atom stereocenters. The molecule has 5 nitrogen and oxygen atoms in total. The van der Waals surface area contributed by atoms with Crippen molar-refractivity contribution in [1.82, 2.24) is 9.80 Å². The summed E-state index contributed by atoms with van der Waals surface area (Å²) in [7, 11) is 1.49. The lowest BCUT2D eigenvalue weighted by atomic mass is 9.87. The molecule has 1 atom stereocenters. The monoisotopic (exact) mass is 324 g/mol. The van der Waals surface area contributed by atoms with Crippen molar-refractivity contribution in [2.24, 2.45) is 5.92 Å². The van der Waals surface area contributed by atoms with Crippen LogP contribution in [0.4, 0.5) is 0 Å². The van der Waals surface area contributed by atoms with Crippen molar-refractivity contribution >= 4 is 5.97 Å². The third-order valence-electron chi connectivity index (χ3n) is 5.72. The number of ether oxygens (including phenoxy) is 2. The molecule has 0 aromatic heterocycles. The second-order valence-electron chi connectivity index (χ2n) is 7.34. The van der Waals surface area contributed by atoms with Crippen molar-refractivity contribution in [2.75, 3.05) is 39.8 Å². The standard InChI is InChI=1S/C18H32N2O3/c1-22-18(21)15-6-8-16(9-7-15)23-17(20-12-4-5-13-20)14-19-10-2-3-11-19/h15-17H,2-14H2,1H3. The van der Waals surface area contributed by atoms with Gasteiger partial charge in [0.05, 0.1) is 19.1 Å². The summed E-state index contributed by atoms with van der Waals surface area (Å²) in [4.78, 5) is 16.7. The van der Waals surface area contributed by atoms with Crippen LogP contribution >= 0.6 is 0 Å². The fraction of sp³-hybridized carbons (Fsp3) is 0.944. The molecule has 0 bridgehead atoms. The highest BCUT2D eigenvalue weighted by atomic mass is 16.5. The van der Waals surface area contributed by atoms with E-state index >= 15 is 0 Å². The fourth-order valence-electron chi connectivity index (χ4n) is 4.28. The van der Waals surface area contributed by atoms with E-state index in [-0.39, 0.29) is 18.1 Å². The number of rotatable bonds is 6. The molecule has 0 amide bonds. The maximum absolute atomic E-state index is 11.7. The SMILES string of the molecule is COC(=O)C1CCC(OC(CN2CCCC2)N2CCCC2)CC1. The van der Waals surface area contributed by atoms with Crippen molar-refractivity contribution < 1.29 is 14.3 Å². The number of carbonyl (C=O) groups excluding carboxylic acids is 1. The van der Waals surface area contributed by atoms with Crippen molar-refractivity contribution in [3.05, 3.63) is 0 Å². The summed E-state index contributed by atoms with van der Waals surface area (Å²) in [6.45, 7) is 5.86. The highest BCUT2D eigenvalue weighted by molar-refractivity contribution is 5.72. The molecule has 3 rings (SSSR count). The van der Waals surface area contributed by atoms with E-state index in [1.165, 1.54) is 59.0 Å². The molecule has 0 spiro atoms. The number of likely N-dealkylation sites (tertiary alicyclic amines) is 2. The van der Waals surface area contributed by atoms with E-state index in [1.807, 2.05) is 0 Å². The largest absolute Gasteiger partial charge is 0.469 e. The molecule has 3 fully saturated rings. The van der Waals surface area contributed by atoms with Crippen molar-refractivity contribution in [2.45, 2.75) is 63.7 Å². The van der Waals surface area contributed by atoms with Crippen LogP contribution in [0.1, 0.15) is 51.4 Å². The number of hydrogen-bond donors (Lipinski definition) is 0. The minimum Gasteiger partial charge on any atom is -0.469 e. The van der Waals surface area contributed by atoms with Gasteiger partial charge in [-0.15, -0.1) is 0 Å². The first kappa shape index (κ1) is 17.2. The molecule has 2 heterocycles. The minimum absolute atomic E-state index is 0.0448. The van der Waals surface area contributed by atoms with E-state index in [0.717, 1.165) is 32.2 Å². The second kappa shape index (κ2) is 8.45. The van der Waals surface area contributed by atoms with Crippen molar-refractivity contribution in [3.8, 4) is 0 Å². The smallest absolute Gasteiger partial charge is 0.308 e. The molecule has 132 valence electrons. The van der Waals surface area contributed by atoms with Gasteiger partial charge in [-0.05, 0) is 64.5 Å². The molecular weight excluding hydrogens is 292 g/mol. The summed E-state index contributed by atoms with van der Waals surface area (Å²) < 4.78 is 11.4. The molecule has 23 heavy (non-hydrogen) atoms. The van der Waals surface area contributed by atoms with E-state index in [2.05, 4.69) is 9.80 Å². The van der Waals surface area contributed by atoms with Gasteiger partial charge in [0.15, 0.2) is 0 Å². The molecule has 1 aliphatic carbocycles. The lowest BCUT2D eigenvalue weighted by Crippen LogP contribution is -2.46. The lowest BCUT2D eigenvalue weighted by molar-refractivity contribution is -0.150. The van der Waals surface area contributed by atoms with Gasteiger partial charge in [-0.25, -0.2) is 0 Å². The van der Waals surface area contributed by atoms with Crippen LogP contribution in [0.3, 0.4) is 0 Å². The van der Waals surface area contributed by atoms with E-state index in [4.69, 9.17) is 9.47 Å². The highest BCUT2D eigenvalue weighted by Gasteiger charge is 2.32. The van der Waals surface area contributed by atoms with Crippen LogP contribution in [0.2, 0.25) is 0 Å². The number of nitrogens with zero attached hydrogens (tertiary/aromatic N) is 2. The van der Waals surface area contributed by atoms with Crippen molar-refractivity contribution in [1.29, 1.82) is 0 Å². The van der Waals surface area contributed by atoms with Crippen LogP contribution in [0, 0.1) is 5.92 Å². The number of methoxy groups -OCH3 is 1. The quantitative estimate of drug-likeness (QED) is 0.701. The van der Waals surface area contributed by atoms with Gasteiger partial charge < -0.3 is 9.47 Å². The predicted molar refractivity (Wildman–Crippen MR) is 89.1 cm³/mol. The summed E-state index contributed by atoms with van der Waals surface area (Å²) in [5, 5.41) is 0. The molecule has 0 N–H and O–H groups in total. The van der Waals surface area contributed by atoms with Gasteiger partial charge in [0.2, 0.25) is 0 Å². The van der Waals surface area contributed by atoms with Gasteiger partial charge in [0, 0.05) is 19.6 Å². The zero-order valence-corrected chi connectivity index (χ0v) is 14.5. The van der Waals surface area contributed by atoms with Gasteiger partial charge in [-0.2, -0.15) is 0 Å². The van der Waals surface area contributed by atoms with Crippen LogP contribution in [-0.2, 0) is 14.3 Å². The van der Waals surface area contributed by atoms with Crippen LogP contribution in [0.15, 0.2) is 0 Å². The first-order valence-corrected chi connectivity index (χ1v) is 9.46. The minimum atomic E-state index is -0.0448. The summed E-state index contributed by atoms with van der Waals surface area (Å²) in [6, 6.07) is 0. The summed E-state index contributed by atoms with van der Waals surface area (Å²) in [5.74, 6) is 0.0419. The molecule has 0 radical (unpaired) electrons. The third kappa shape index (κ3) is 4.68. The fourth-order valence-corrected chi connectivity index (χ4v) is 4.28. The Kier molecular flexibility index (Phi) is 6.31. The average molecular weight is 324 g/mol. The maximum atomic E-state index is 11.7. The van der Waals surface area contributed by atoms with E-state index < -0.39 is 0 Å². The van der Waals surface area contributed by atoms with E-state index in [9.17, 15) is 4.79 Å². The molecule has 1 saturated carbocycles. The molecule has 0 aromatic carbocycles. The number of carbonyl (C=O) groups is 1. The lowest BCUT2D eigenvalue weighted by Gasteiger charge is -2.36. The third-order valence-corrected chi connectivity index (χ3v) is 5.72. The van der Waals surface area contributed by atoms with Gasteiger partial charge >= 0.3 is 5.97 Å². The zero-order chi connectivity index (χ0) is 16.1. The average Bonchev–Trinajstić information content (AvgIpc) is 3.27. The number of hydrogen-bond acceptors (Lipinski definition) is 5. The predicted octanol–water partition coefficient (Wildman–Crippen LogP) is 2.25. The summed E-state index contributed by atoms with van der Waals surface area (Å²) in [6.07, 6.45) is 9.62. The van der Waals surface area contributed by atoms with Crippen molar-refractivity contribution in [3.63, 3.8) is 0 Å². The van der Waals surface area contributed by atoms with Gasteiger partial charge in [0.25, 0.3) is 0 Å². The zero-order valence-electron chi connectivity index (χ0n) is 14.5. The van der Waals surface area contributed by atoms with E-state index in [0.29, 0.717) is 6.10 Å². The maximum Gasteiger partial charge on any atom is 0.308 e. The Morgan fingerprint density at radius 3 is 2.22 bits per heavy atom. The Bertz CT molecular complexity index is 370. The second-order valence-corrected chi connectivity index (χ2v) is 7.34. The number of esters is 1. The Hall–Kier alpha value is -0.650. The Morgan fingerprint density at radius 2 is 1.61 bits per heavy atom. The van der Waals surface area contributed by atoms with Crippen LogP contribution < -0.4 is 0 Å². The van der Waals surface area contributed by atoms with Crippen LogP contribution in [0.5, 0.6) is 0 Å². The first-order valence-electron chi connectivity index (χ1n) is 9.46. The van der Waals surface area contributed by atoms with Crippen LogP contribution in [-0.4, -0.2) is 67.9 Å². The molecule has 5 heteroatoms. The Balaban J connectivity index is 1.50. The summed E-state index contributed by atoms with van der Waals surface area (Å²) in [5.41, 5.74) is 0. The van der Waals surface area contributed by atoms with E-state index in [1.54, 1.807) is 0 Å². The first-order chi connectivity index (χ1) is 11.3. The van der Waals surface area contributed by atoms with Gasteiger partial charge in [0.1, 0.15) is 6.23 Å². The molecular formula is C18H32N2O3. The van der Waals surface area contributed by atoms with Crippen LogP contribution in [0.25, 0.3) is 0 Å². The molecule has 2 saturated heterocycles. The normalized spacial score (nSPS) is 31.3. The van der Waals surface area contributed by atoms with Gasteiger partial charge in [-0.3, -0.25) is 14.6 Å². The Morgan fingerprint density at radius 1 is 1.00 bits per heavy atom. The summed E-state index contributed by atoms with van der Waals surface area (Å²) >= 11 is 0. The molecule has 0 aromatic rings. The molecule has 3 aliphatic rings. The molecule has 2 aliphatic heterocycles. The Labute approximate surface area is 140 Å². The van der Waals surface area contributed by atoms with Gasteiger partial charge in [-0.1, -0.05) is 0 Å². The highest BCUT2D eigenvalue weighted by Crippen LogP contribution is 2.29. The topological polar surface area (TPSA) is 42.0 Å².